The maximum Gasteiger partial charge on any atom is 0.338 e. The van der Waals surface area contributed by atoms with Crippen LogP contribution in [0.5, 0.6) is 0 Å². The molecule has 0 aliphatic heterocycles. The van der Waals surface area contributed by atoms with Crippen molar-refractivity contribution in [1.82, 2.24) is 0 Å². The lowest BCUT2D eigenvalue weighted by molar-refractivity contribution is -0.384. The van der Waals surface area contributed by atoms with Crippen molar-refractivity contribution in [1.29, 1.82) is 0 Å². The summed E-state index contributed by atoms with van der Waals surface area (Å²) in [6.07, 6.45) is 19.9. The highest BCUT2D eigenvalue weighted by Crippen LogP contribution is 2.76. The SMILES string of the molecule is O=C(O[C@H]1[C@H]2CCCC3(CCCC3)[C@@H]1[C@]1(CCCC13CCCC3)C2)c1ccc([N+](=O)[O-])cc1. The summed E-state index contributed by atoms with van der Waals surface area (Å²) in [7, 11) is 0. The number of ether oxygens (including phenoxy) is 1. The van der Waals surface area contributed by atoms with Gasteiger partial charge in [0.2, 0.25) is 0 Å². The van der Waals surface area contributed by atoms with Gasteiger partial charge < -0.3 is 4.74 Å². The minimum Gasteiger partial charge on any atom is -0.458 e. The molecular formula is C28H37NO4. The first-order valence-electron chi connectivity index (χ1n) is 13.4. The number of rotatable bonds is 3. The van der Waals surface area contributed by atoms with Gasteiger partial charge in [0, 0.05) is 18.1 Å². The summed E-state index contributed by atoms with van der Waals surface area (Å²) in [5.41, 5.74) is 1.65. The van der Waals surface area contributed by atoms with E-state index in [1.807, 2.05) is 0 Å². The molecule has 0 saturated heterocycles. The largest absolute Gasteiger partial charge is 0.458 e. The average Bonchev–Trinajstić information content (AvgIpc) is 3.57. The maximum absolute atomic E-state index is 13.4. The molecule has 0 aromatic heterocycles. The minimum absolute atomic E-state index is 0.0130. The molecule has 5 aliphatic carbocycles. The van der Waals surface area contributed by atoms with Crippen LogP contribution >= 0.6 is 0 Å². The van der Waals surface area contributed by atoms with Gasteiger partial charge in [0.25, 0.3) is 5.69 Å². The van der Waals surface area contributed by atoms with Gasteiger partial charge >= 0.3 is 5.97 Å². The molecule has 0 unspecified atom stereocenters. The number of hydrogen-bond acceptors (Lipinski definition) is 4. The maximum atomic E-state index is 13.4. The van der Waals surface area contributed by atoms with Crippen LogP contribution in [0.1, 0.15) is 107 Å². The number of nitro benzene ring substituents is 1. The third kappa shape index (κ3) is 3.13. The number of non-ortho nitro benzene ring substituents is 1. The predicted molar refractivity (Wildman–Crippen MR) is 126 cm³/mol. The molecule has 5 fully saturated rings. The van der Waals surface area contributed by atoms with Gasteiger partial charge in [-0.15, -0.1) is 0 Å². The lowest BCUT2D eigenvalue weighted by Gasteiger charge is -2.53. The molecule has 0 amide bonds. The summed E-state index contributed by atoms with van der Waals surface area (Å²) < 4.78 is 6.51. The summed E-state index contributed by atoms with van der Waals surface area (Å²) in [6, 6.07) is 5.97. The highest BCUT2D eigenvalue weighted by Gasteiger charge is 2.70. The zero-order valence-corrected chi connectivity index (χ0v) is 19.7. The fourth-order valence-electron chi connectivity index (χ4n) is 9.95. The van der Waals surface area contributed by atoms with Crippen LogP contribution in [-0.4, -0.2) is 17.0 Å². The first kappa shape index (κ1) is 21.6. The number of nitro groups is 1. The monoisotopic (exact) mass is 451 g/mol. The van der Waals surface area contributed by atoms with Crippen molar-refractivity contribution in [3.8, 4) is 0 Å². The Hall–Kier alpha value is -1.91. The van der Waals surface area contributed by atoms with E-state index in [-0.39, 0.29) is 17.8 Å². The summed E-state index contributed by atoms with van der Waals surface area (Å²) in [4.78, 5) is 24.0. The Kier molecular flexibility index (Phi) is 5.12. The van der Waals surface area contributed by atoms with Gasteiger partial charge in [0.05, 0.1) is 10.5 Å². The van der Waals surface area contributed by atoms with Gasteiger partial charge in [-0.25, -0.2) is 4.79 Å². The second kappa shape index (κ2) is 7.81. The Labute approximate surface area is 196 Å². The molecule has 0 radical (unpaired) electrons. The standard InChI is InChI=1S/C28H37NO4/c30-25(20-8-10-22(11-9-20)29(31)32)33-23-21-7-5-14-26(12-1-2-13-26)24(23)28(19-21)18-6-17-27(28)15-3-4-16-27/h8-11,21,23-24H,1-7,12-19H2/t21-,23-,24+,28-/m0/s1. The van der Waals surface area contributed by atoms with E-state index >= 15 is 0 Å². The van der Waals surface area contributed by atoms with Crippen molar-refractivity contribution in [3.05, 3.63) is 39.9 Å². The highest BCUT2D eigenvalue weighted by molar-refractivity contribution is 5.89. The number of nitrogens with zero attached hydrogens (tertiary/aromatic N) is 1. The second-order valence-electron chi connectivity index (χ2n) is 12.1. The molecule has 1 aromatic rings. The molecule has 0 heterocycles. The highest BCUT2D eigenvalue weighted by atomic mass is 16.6. The Bertz CT molecular complexity index is 922. The fraction of sp³-hybridized carbons (Fsp3) is 0.750. The van der Waals surface area contributed by atoms with E-state index in [0.29, 0.717) is 33.6 Å². The Morgan fingerprint density at radius 3 is 2.21 bits per heavy atom. The minimum atomic E-state index is -0.421. The lowest BCUT2D eigenvalue weighted by atomic mass is 9.51. The number of benzene rings is 1. The van der Waals surface area contributed by atoms with E-state index in [0.717, 1.165) is 0 Å². The lowest BCUT2D eigenvalue weighted by Crippen LogP contribution is -2.49. The van der Waals surface area contributed by atoms with E-state index in [1.165, 1.54) is 108 Å². The van der Waals surface area contributed by atoms with Crippen molar-refractivity contribution in [2.45, 2.75) is 102 Å². The predicted octanol–water partition coefficient (Wildman–Crippen LogP) is 7.23. The molecule has 5 heteroatoms. The van der Waals surface area contributed by atoms with Crippen molar-refractivity contribution in [3.63, 3.8) is 0 Å². The molecule has 2 bridgehead atoms. The molecule has 6 rings (SSSR count). The molecule has 178 valence electrons. The van der Waals surface area contributed by atoms with Crippen LogP contribution in [0.2, 0.25) is 0 Å². The van der Waals surface area contributed by atoms with Crippen LogP contribution in [0.15, 0.2) is 24.3 Å². The van der Waals surface area contributed by atoms with Crippen molar-refractivity contribution >= 4 is 11.7 Å². The Morgan fingerprint density at radius 1 is 0.879 bits per heavy atom. The van der Waals surface area contributed by atoms with Crippen LogP contribution in [0, 0.1) is 38.2 Å². The van der Waals surface area contributed by atoms with Crippen LogP contribution < -0.4 is 0 Å². The van der Waals surface area contributed by atoms with E-state index < -0.39 is 4.92 Å². The van der Waals surface area contributed by atoms with Gasteiger partial charge in [-0.05, 0) is 92.1 Å². The Balaban J connectivity index is 1.37. The molecule has 5 aliphatic rings. The quantitative estimate of drug-likeness (QED) is 0.276. The first-order chi connectivity index (χ1) is 16.0. The van der Waals surface area contributed by atoms with E-state index in [9.17, 15) is 14.9 Å². The second-order valence-corrected chi connectivity index (χ2v) is 12.1. The smallest absolute Gasteiger partial charge is 0.338 e. The Morgan fingerprint density at radius 2 is 1.52 bits per heavy atom. The van der Waals surface area contributed by atoms with Crippen molar-refractivity contribution in [2.24, 2.45) is 28.1 Å². The molecule has 1 aromatic carbocycles. The van der Waals surface area contributed by atoms with Gasteiger partial charge in [0.1, 0.15) is 6.10 Å². The van der Waals surface area contributed by atoms with Crippen LogP contribution in [0.25, 0.3) is 0 Å². The topological polar surface area (TPSA) is 69.4 Å². The van der Waals surface area contributed by atoms with Gasteiger partial charge in [0.15, 0.2) is 0 Å². The van der Waals surface area contributed by atoms with Crippen molar-refractivity contribution < 1.29 is 14.5 Å². The van der Waals surface area contributed by atoms with E-state index in [4.69, 9.17) is 4.74 Å². The molecule has 4 atom stereocenters. The molecular weight excluding hydrogens is 414 g/mol. The van der Waals surface area contributed by atoms with Gasteiger partial charge in [-0.2, -0.15) is 0 Å². The molecule has 5 saturated carbocycles. The fourth-order valence-corrected chi connectivity index (χ4v) is 9.95. The zero-order valence-electron chi connectivity index (χ0n) is 19.7. The number of fused-ring (bicyclic) bond motifs is 5. The average molecular weight is 452 g/mol. The zero-order chi connectivity index (χ0) is 22.7. The number of hydrogen-bond donors (Lipinski definition) is 0. The summed E-state index contributed by atoms with van der Waals surface area (Å²) in [6.45, 7) is 0. The normalized spacial score (nSPS) is 35.9. The third-order valence-corrected chi connectivity index (χ3v) is 11.0. The molecule has 33 heavy (non-hydrogen) atoms. The van der Waals surface area contributed by atoms with Gasteiger partial charge in [-0.1, -0.05) is 38.5 Å². The van der Waals surface area contributed by atoms with E-state index in [1.54, 1.807) is 12.1 Å². The van der Waals surface area contributed by atoms with Crippen molar-refractivity contribution in [2.75, 3.05) is 0 Å². The number of esters is 1. The third-order valence-electron chi connectivity index (χ3n) is 11.0. The molecule has 3 spiro atoms. The summed E-state index contributed by atoms with van der Waals surface area (Å²) in [5, 5.41) is 11.0. The summed E-state index contributed by atoms with van der Waals surface area (Å²) >= 11 is 0. The van der Waals surface area contributed by atoms with Crippen LogP contribution in [0.4, 0.5) is 5.69 Å². The molecule has 0 N–H and O–H groups in total. The number of carbonyl (C=O) groups excluding carboxylic acids is 1. The molecule has 5 nitrogen and oxygen atoms in total. The van der Waals surface area contributed by atoms with Crippen LogP contribution in [0.3, 0.4) is 0 Å². The van der Waals surface area contributed by atoms with Crippen LogP contribution in [-0.2, 0) is 4.74 Å². The van der Waals surface area contributed by atoms with Gasteiger partial charge in [-0.3, -0.25) is 10.1 Å². The van der Waals surface area contributed by atoms with E-state index in [2.05, 4.69) is 0 Å². The summed E-state index contributed by atoms with van der Waals surface area (Å²) in [5.74, 6) is 0.700. The number of carbonyl (C=O) groups is 1. The first-order valence-corrected chi connectivity index (χ1v) is 13.4.